The molecule has 18 heavy (non-hydrogen) atoms. The van der Waals surface area contributed by atoms with Crippen molar-refractivity contribution in [3.8, 4) is 0 Å². The zero-order valence-electron chi connectivity index (χ0n) is 11.0. The van der Waals surface area contributed by atoms with E-state index in [1.807, 2.05) is 0 Å². The van der Waals surface area contributed by atoms with Crippen LogP contribution in [0.3, 0.4) is 0 Å². The van der Waals surface area contributed by atoms with Gasteiger partial charge in [-0.15, -0.1) is 0 Å². The third kappa shape index (κ3) is 4.10. The number of aliphatic hydroxyl groups excluding tert-OH is 1. The van der Waals surface area contributed by atoms with Crippen LogP contribution in [0.5, 0.6) is 0 Å². The van der Waals surface area contributed by atoms with E-state index in [2.05, 4.69) is 13.8 Å². The van der Waals surface area contributed by atoms with Gasteiger partial charge in [-0.2, -0.15) is 0 Å². The van der Waals surface area contributed by atoms with Crippen molar-refractivity contribution in [3.63, 3.8) is 0 Å². The Labute approximate surface area is 110 Å². The number of hydrogen-bond acceptors (Lipinski definition) is 3. The van der Waals surface area contributed by atoms with Gasteiger partial charge in [-0.1, -0.05) is 32.0 Å². The SMILES string of the molecule is CC(C)CCC(CCO)S(=O)(=O)c1ccccc1. The fraction of sp³-hybridized carbons (Fsp3) is 0.571. The highest BCUT2D eigenvalue weighted by Gasteiger charge is 2.26. The average molecular weight is 270 g/mol. The molecule has 1 rings (SSSR count). The fourth-order valence-corrected chi connectivity index (χ4v) is 3.70. The van der Waals surface area contributed by atoms with Gasteiger partial charge in [0.2, 0.25) is 0 Å². The second kappa shape index (κ2) is 6.90. The molecule has 0 aromatic heterocycles. The minimum atomic E-state index is -3.32. The summed E-state index contributed by atoms with van der Waals surface area (Å²) in [6.45, 7) is 4.06. The largest absolute Gasteiger partial charge is 0.396 e. The summed E-state index contributed by atoms with van der Waals surface area (Å²) in [4.78, 5) is 0.354. The second-order valence-corrected chi connectivity index (χ2v) is 7.19. The van der Waals surface area contributed by atoms with Crippen molar-refractivity contribution in [2.75, 3.05) is 6.61 Å². The van der Waals surface area contributed by atoms with Crippen molar-refractivity contribution in [2.45, 2.75) is 43.3 Å². The predicted molar refractivity (Wildman–Crippen MR) is 73.2 cm³/mol. The molecule has 4 heteroatoms. The molecule has 1 aromatic carbocycles. The molecule has 0 aliphatic carbocycles. The van der Waals surface area contributed by atoms with Crippen LogP contribution in [0, 0.1) is 5.92 Å². The van der Waals surface area contributed by atoms with Gasteiger partial charge in [-0.3, -0.25) is 0 Å². The molecule has 102 valence electrons. The molecule has 0 amide bonds. The Morgan fingerprint density at radius 2 is 1.67 bits per heavy atom. The lowest BCUT2D eigenvalue weighted by Gasteiger charge is -2.17. The summed E-state index contributed by atoms with van der Waals surface area (Å²) in [6, 6.07) is 8.50. The molecule has 0 bridgehead atoms. The van der Waals surface area contributed by atoms with Crippen molar-refractivity contribution in [1.29, 1.82) is 0 Å². The Hall–Kier alpha value is -0.870. The summed E-state index contributed by atoms with van der Waals surface area (Å²) in [7, 11) is -3.32. The molecule has 0 saturated heterocycles. The molecule has 0 saturated carbocycles. The first-order valence-corrected chi connectivity index (χ1v) is 7.93. The van der Waals surface area contributed by atoms with Gasteiger partial charge < -0.3 is 5.11 Å². The summed E-state index contributed by atoms with van der Waals surface area (Å²) < 4.78 is 24.8. The smallest absolute Gasteiger partial charge is 0.181 e. The van der Waals surface area contributed by atoms with E-state index in [0.29, 0.717) is 23.7 Å². The molecule has 0 aliphatic rings. The van der Waals surface area contributed by atoms with Gasteiger partial charge in [0.25, 0.3) is 0 Å². The van der Waals surface area contributed by atoms with Gasteiger partial charge in [0.1, 0.15) is 0 Å². The van der Waals surface area contributed by atoms with Crippen LogP contribution >= 0.6 is 0 Å². The van der Waals surface area contributed by atoms with Crippen LogP contribution in [0.25, 0.3) is 0 Å². The van der Waals surface area contributed by atoms with Crippen molar-refractivity contribution >= 4 is 9.84 Å². The topological polar surface area (TPSA) is 54.4 Å². The molecule has 0 fully saturated rings. The van der Waals surface area contributed by atoms with Crippen LogP contribution in [0.2, 0.25) is 0 Å². The van der Waals surface area contributed by atoms with E-state index in [4.69, 9.17) is 5.11 Å². The van der Waals surface area contributed by atoms with E-state index in [9.17, 15) is 8.42 Å². The highest BCUT2D eigenvalue weighted by atomic mass is 32.2. The molecule has 1 N–H and O–H groups in total. The maximum Gasteiger partial charge on any atom is 0.181 e. The van der Waals surface area contributed by atoms with Crippen LogP contribution in [-0.4, -0.2) is 25.4 Å². The number of rotatable bonds is 7. The molecule has 0 heterocycles. The molecule has 0 spiro atoms. The standard InChI is InChI=1S/C14H22O3S/c1-12(2)8-9-14(10-11-15)18(16,17)13-6-4-3-5-7-13/h3-7,12,14-15H,8-11H2,1-2H3. The molecule has 1 aromatic rings. The maximum atomic E-state index is 12.4. The third-order valence-electron chi connectivity index (χ3n) is 3.03. The van der Waals surface area contributed by atoms with Crippen molar-refractivity contribution in [1.82, 2.24) is 0 Å². The van der Waals surface area contributed by atoms with E-state index < -0.39 is 15.1 Å². The number of hydrogen-bond donors (Lipinski definition) is 1. The van der Waals surface area contributed by atoms with Gasteiger partial charge in [0, 0.05) is 6.61 Å². The monoisotopic (exact) mass is 270 g/mol. The van der Waals surface area contributed by atoms with Crippen molar-refractivity contribution in [2.24, 2.45) is 5.92 Å². The quantitative estimate of drug-likeness (QED) is 0.828. The Balaban J connectivity index is 2.90. The first-order chi connectivity index (χ1) is 8.48. The summed E-state index contributed by atoms with van der Waals surface area (Å²) >= 11 is 0. The third-order valence-corrected chi connectivity index (χ3v) is 5.31. The average Bonchev–Trinajstić information content (AvgIpc) is 2.35. The van der Waals surface area contributed by atoms with Gasteiger partial charge in [-0.05, 0) is 37.3 Å². The molecule has 1 unspecified atom stereocenters. The van der Waals surface area contributed by atoms with E-state index in [0.717, 1.165) is 6.42 Å². The first kappa shape index (κ1) is 15.2. The molecule has 3 nitrogen and oxygen atoms in total. The summed E-state index contributed by atoms with van der Waals surface area (Å²) in [5, 5.41) is 8.57. The molecule has 1 atom stereocenters. The van der Waals surface area contributed by atoms with Gasteiger partial charge in [0.05, 0.1) is 10.1 Å². The van der Waals surface area contributed by atoms with Crippen LogP contribution in [0.4, 0.5) is 0 Å². The van der Waals surface area contributed by atoms with Crippen molar-refractivity contribution in [3.05, 3.63) is 30.3 Å². The lowest BCUT2D eigenvalue weighted by molar-refractivity contribution is 0.281. The van der Waals surface area contributed by atoms with E-state index >= 15 is 0 Å². The van der Waals surface area contributed by atoms with E-state index in [-0.39, 0.29) is 6.61 Å². The van der Waals surface area contributed by atoms with E-state index in [1.54, 1.807) is 30.3 Å². The lowest BCUT2D eigenvalue weighted by Crippen LogP contribution is -2.23. The normalized spacial score (nSPS) is 13.8. The summed E-state index contributed by atoms with van der Waals surface area (Å²) in [5.41, 5.74) is 0. The Kier molecular flexibility index (Phi) is 5.82. The molecule has 0 radical (unpaired) electrons. The highest BCUT2D eigenvalue weighted by molar-refractivity contribution is 7.92. The second-order valence-electron chi connectivity index (χ2n) is 4.96. The molecule has 0 aliphatic heterocycles. The molecular formula is C14H22O3S. The highest BCUT2D eigenvalue weighted by Crippen LogP contribution is 2.23. The Bertz CT molecular complexity index is 437. The zero-order valence-corrected chi connectivity index (χ0v) is 11.9. The molecular weight excluding hydrogens is 248 g/mol. The minimum absolute atomic E-state index is 0.0885. The lowest BCUT2D eigenvalue weighted by atomic mass is 10.1. The maximum absolute atomic E-state index is 12.4. The predicted octanol–water partition coefficient (Wildman–Crippen LogP) is 2.65. The van der Waals surface area contributed by atoms with Gasteiger partial charge in [-0.25, -0.2) is 8.42 Å². The number of benzene rings is 1. The summed E-state index contributed by atoms with van der Waals surface area (Å²) in [6.07, 6.45) is 1.77. The number of sulfone groups is 1. The van der Waals surface area contributed by atoms with Crippen LogP contribution in [0.15, 0.2) is 35.2 Å². The van der Waals surface area contributed by atoms with Crippen LogP contribution in [0.1, 0.15) is 33.1 Å². The Morgan fingerprint density at radius 1 is 1.06 bits per heavy atom. The zero-order chi connectivity index (χ0) is 13.6. The van der Waals surface area contributed by atoms with Gasteiger partial charge in [0.15, 0.2) is 9.84 Å². The van der Waals surface area contributed by atoms with Crippen LogP contribution < -0.4 is 0 Å². The summed E-state index contributed by atoms with van der Waals surface area (Å²) in [5.74, 6) is 0.470. The first-order valence-electron chi connectivity index (χ1n) is 6.38. The van der Waals surface area contributed by atoms with Crippen LogP contribution in [-0.2, 0) is 9.84 Å². The van der Waals surface area contributed by atoms with Crippen molar-refractivity contribution < 1.29 is 13.5 Å². The Morgan fingerprint density at radius 3 is 2.17 bits per heavy atom. The van der Waals surface area contributed by atoms with E-state index in [1.165, 1.54) is 0 Å². The van der Waals surface area contributed by atoms with Gasteiger partial charge >= 0.3 is 0 Å². The minimum Gasteiger partial charge on any atom is -0.396 e. The fourth-order valence-electron chi connectivity index (χ4n) is 1.92. The number of aliphatic hydroxyl groups is 1.